The van der Waals surface area contributed by atoms with Crippen molar-refractivity contribution >= 4 is 11.8 Å². The Morgan fingerprint density at radius 1 is 1.32 bits per heavy atom. The Bertz CT molecular complexity index is 1010. The van der Waals surface area contributed by atoms with Crippen molar-refractivity contribution in [3.05, 3.63) is 42.1 Å². The Labute approximate surface area is 200 Å². The number of para-hydroxylation sites is 1. The van der Waals surface area contributed by atoms with Crippen LogP contribution in [0.5, 0.6) is 11.6 Å². The number of hydrogen-bond donors (Lipinski definition) is 1. The molecular weight excluding hydrogens is 438 g/mol. The molecule has 0 fully saturated rings. The van der Waals surface area contributed by atoms with E-state index in [9.17, 15) is 14.7 Å². The summed E-state index contributed by atoms with van der Waals surface area (Å²) >= 11 is 0. The van der Waals surface area contributed by atoms with E-state index in [2.05, 4.69) is 4.98 Å². The fraction of sp³-hybridized carbons (Fsp3) is 0.480. The molecule has 3 rings (SSSR count). The molecule has 1 N–H and O–H groups in total. The molecule has 0 radical (unpaired) electrons. The lowest BCUT2D eigenvalue weighted by molar-refractivity contribution is -0.135. The third-order valence-electron chi connectivity index (χ3n) is 6.09. The quantitative estimate of drug-likeness (QED) is 0.629. The molecule has 34 heavy (non-hydrogen) atoms. The van der Waals surface area contributed by atoms with E-state index in [1.807, 2.05) is 31.2 Å². The standard InChI is InChI=1S/C25H33N3O6/c1-16-12-28(17(2)14-29)25(31)20-10-18(19-8-6-7-9-21(19)33-5)11-26-24(20)34-22(16)13-27(3)23(30)15-32-4/h6-11,16-17,22,29H,12-15H2,1-5H3/t16-,17+,22-/m0/s1. The van der Waals surface area contributed by atoms with Gasteiger partial charge in [0.25, 0.3) is 5.91 Å². The first kappa shape index (κ1) is 25.5. The largest absolute Gasteiger partial charge is 0.496 e. The minimum absolute atomic E-state index is 0.0269. The lowest BCUT2D eigenvalue weighted by atomic mass is 9.99. The van der Waals surface area contributed by atoms with Crippen LogP contribution in [0, 0.1) is 5.92 Å². The Hall–Kier alpha value is -3.17. The maximum Gasteiger partial charge on any atom is 0.259 e. The number of carbonyl (C=O) groups is 2. The molecule has 9 heteroatoms. The van der Waals surface area contributed by atoms with E-state index < -0.39 is 12.1 Å². The number of benzene rings is 1. The van der Waals surface area contributed by atoms with E-state index in [0.29, 0.717) is 30.0 Å². The van der Waals surface area contributed by atoms with E-state index in [4.69, 9.17) is 14.2 Å². The van der Waals surface area contributed by atoms with Gasteiger partial charge >= 0.3 is 0 Å². The highest BCUT2D eigenvalue weighted by Crippen LogP contribution is 2.34. The Morgan fingerprint density at radius 3 is 2.74 bits per heavy atom. The van der Waals surface area contributed by atoms with E-state index >= 15 is 0 Å². The number of carbonyl (C=O) groups excluding carboxylic acids is 2. The van der Waals surface area contributed by atoms with Crippen LogP contribution in [0.2, 0.25) is 0 Å². The Kier molecular flexibility index (Phi) is 8.46. The first-order valence-corrected chi connectivity index (χ1v) is 11.3. The number of hydrogen-bond acceptors (Lipinski definition) is 7. The van der Waals surface area contributed by atoms with Crippen LogP contribution in [-0.2, 0) is 9.53 Å². The molecule has 3 atom stereocenters. The van der Waals surface area contributed by atoms with E-state index in [-0.39, 0.29) is 36.8 Å². The van der Waals surface area contributed by atoms with Gasteiger partial charge in [0.05, 0.1) is 26.3 Å². The van der Waals surface area contributed by atoms with E-state index in [0.717, 1.165) is 5.56 Å². The lowest BCUT2D eigenvalue weighted by Gasteiger charge is -2.37. The second-order valence-electron chi connectivity index (χ2n) is 8.61. The zero-order valence-electron chi connectivity index (χ0n) is 20.4. The molecule has 1 aromatic heterocycles. The summed E-state index contributed by atoms with van der Waals surface area (Å²) in [5, 5.41) is 9.82. The normalized spacial score (nSPS) is 18.9. The van der Waals surface area contributed by atoms with Gasteiger partial charge in [-0.25, -0.2) is 4.98 Å². The van der Waals surface area contributed by atoms with Crippen LogP contribution in [0.4, 0.5) is 0 Å². The highest BCUT2D eigenvalue weighted by molar-refractivity contribution is 5.98. The van der Waals surface area contributed by atoms with Gasteiger partial charge in [-0.2, -0.15) is 0 Å². The first-order chi connectivity index (χ1) is 16.3. The second-order valence-corrected chi connectivity index (χ2v) is 8.61. The number of aliphatic hydroxyl groups excluding tert-OH is 1. The molecule has 2 amide bonds. The molecule has 2 aromatic rings. The number of nitrogens with zero attached hydrogens (tertiary/aromatic N) is 3. The number of fused-ring (bicyclic) bond motifs is 1. The number of methoxy groups -OCH3 is 2. The van der Waals surface area contributed by atoms with Gasteiger partial charge in [0.15, 0.2) is 0 Å². The minimum Gasteiger partial charge on any atom is -0.496 e. The van der Waals surface area contributed by atoms with Gasteiger partial charge in [-0.15, -0.1) is 0 Å². The van der Waals surface area contributed by atoms with Gasteiger partial charge in [-0.1, -0.05) is 25.1 Å². The smallest absolute Gasteiger partial charge is 0.259 e. The van der Waals surface area contributed by atoms with Crippen molar-refractivity contribution in [1.82, 2.24) is 14.8 Å². The van der Waals surface area contributed by atoms with E-state index in [1.54, 1.807) is 43.1 Å². The molecule has 0 spiro atoms. The van der Waals surface area contributed by atoms with Crippen molar-refractivity contribution in [3.63, 3.8) is 0 Å². The summed E-state index contributed by atoms with van der Waals surface area (Å²) in [5.41, 5.74) is 1.81. The molecule has 0 saturated heterocycles. The molecule has 0 saturated carbocycles. The van der Waals surface area contributed by atoms with Gasteiger partial charge in [0.2, 0.25) is 11.8 Å². The summed E-state index contributed by atoms with van der Waals surface area (Å²) in [6.07, 6.45) is 1.23. The number of pyridine rings is 1. The van der Waals surface area contributed by atoms with Crippen molar-refractivity contribution in [3.8, 4) is 22.8 Å². The molecule has 1 aliphatic heterocycles. The van der Waals surface area contributed by atoms with Gasteiger partial charge in [0.1, 0.15) is 24.0 Å². The van der Waals surface area contributed by atoms with Crippen LogP contribution < -0.4 is 9.47 Å². The van der Waals surface area contributed by atoms with Gasteiger partial charge in [-0.05, 0) is 19.1 Å². The summed E-state index contributed by atoms with van der Waals surface area (Å²) in [5.74, 6) is 0.294. The molecule has 2 heterocycles. The van der Waals surface area contributed by atoms with Gasteiger partial charge in [-0.3, -0.25) is 9.59 Å². The summed E-state index contributed by atoms with van der Waals surface area (Å²) in [6, 6.07) is 8.84. The Balaban J connectivity index is 2.04. The summed E-state index contributed by atoms with van der Waals surface area (Å²) < 4.78 is 16.7. The Morgan fingerprint density at radius 2 is 2.06 bits per heavy atom. The molecule has 1 aliphatic rings. The van der Waals surface area contributed by atoms with Crippen LogP contribution in [0.25, 0.3) is 11.1 Å². The predicted octanol–water partition coefficient (Wildman–Crippen LogP) is 2.08. The molecule has 0 aliphatic carbocycles. The highest BCUT2D eigenvalue weighted by Gasteiger charge is 2.34. The van der Waals surface area contributed by atoms with Crippen molar-refractivity contribution in [2.45, 2.75) is 26.0 Å². The topological polar surface area (TPSA) is 101 Å². The molecule has 1 aromatic carbocycles. The predicted molar refractivity (Wildman–Crippen MR) is 127 cm³/mol. The monoisotopic (exact) mass is 471 g/mol. The van der Waals surface area contributed by atoms with Crippen LogP contribution in [0.1, 0.15) is 24.2 Å². The second kappa shape index (κ2) is 11.3. The summed E-state index contributed by atoms with van der Waals surface area (Å²) in [4.78, 5) is 33.5. The number of likely N-dealkylation sites (N-methyl/N-ethyl adjacent to an activating group) is 1. The maximum atomic E-state index is 13.6. The van der Waals surface area contributed by atoms with Crippen LogP contribution >= 0.6 is 0 Å². The van der Waals surface area contributed by atoms with Crippen LogP contribution in [-0.4, -0.2) is 91.4 Å². The molecular formula is C25H33N3O6. The molecule has 0 unspecified atom stereocenters. The third-order valence-corrected chi connectivity index (χ3v) is 6.09. The molecule has 184 valence electrons. The zero-order chi connectivity index (χ0) is 24.8. The number of aliphatic hydroxyl groups is 1. The SMILES string of the molecule is COCC(=O)N(C)C[C@@H]1Oc2ncc(-c3ccccc3OC)cc2C(=O)N([C@H](C)CO)C[C@@H]1C. The van der Waals surface area contributed by atoms with Crippen molar-refractivity contribution in [2.24, 2.45) is 5.92 Å². The van der Waals surface area contributed by atoms with Crippen LogP contribution in [0.15, 0.2) is 36.5 Å². The fourth-order valence-electron chi connectivity index (χ4n) is 3.96. The third kappa shape index (κ3) is 5.48. The lowest BCUT2D eigenvalue weighted by Crippen LogP contribution is -2.50. The van der Waals surface area contributed by atoms with Gasteiger partial charge in [0, 0.05) is 43.9 Å². The van der Waals surface area contributed by atoms with Crippen molar-refractivity contribution < 1.29 is 28.9 Å². The summed E-state index contributed by atoms with van der Waals surface area (Å²) in [6.45, 7) is 4.21. The molecule has 0 bridgehead atoms. The van der Waals surface area contributed by atoms with Crippen molar-refractivity contribution in [1.29, 1.82) is 0 Å². The molecule has 9 nitrogen and oxygen atoms in total. The average molecular weight is 472 g/mol. The fourth-order valence-corrected chi connectivity index (χ4v) is 3.96. The van der Waals surface area contributed by atoms with Gasteiger partial charge < -0.3 is 29.1 Å². The van der Waals surface area contributed by atoms with E-state index in [1.165, 1.54) is 7.11 Å². The summed E-state index contributed by atoms with van der Waals surface area (Å²) in [7, 11) is 4.75. The zero-order valence-corrected chi connectivity index (χ0v) is 20.4. The first-order valence-electron chi connectivity index (χ1n) is 11.3. The number of ether oxygens (including phenoxy) is 3. The highest BCUT2D eigenvalue weighted by atomic mass is 16.5. The number of aromatic nitrogens is 1. The van der Waals surface area contributed by atoms with Crippen molar-refractivity contribution in [2.75, 3.05) is 47.6 Å². The average Bonchev–Trinajstić information content (AvgIpc) is 2.85. The van der Waals surface area contributed by atoms with Crippen LogP contribution in [0.3, 0.4) is 0 Å². The number of amides is 2. The minimum atomic E-state index is -0.421. The number of rotatable bonds is 8. The maximum absolute atomic E-state index is 13.6.